The van der Waals surface area contributed by atoms with Crippen LogP contribution in [0.4, 0.5) is 0 Å². The first-order chi connectivity index (χ1) is 8.46. The average molecular weight is 245 g/mol. The maximum Gasteiger partial charge on any atom is 0.118 e. The summed E-state index contributed by atoms with van der Waals surface area (Å²) in [6.45, 7) is 6.22. The van der Waals surface area contributed by atoms with E-state index in [9.17, 15) is 0 Å². The van der Waals surface area contributed by atoms with Crippen molar-refractivity contribution in [2.45, 2.75) is 45.2 Å². The second kappa shape index (κ2) is 6.47. The van der Waals surface area contributed by atoms with Crippen LogP contribution in [-0.2, 0) is 6.42 Å². The molecule has 1 atom stereocenters. The van der Waals surface area contributed by atoms with Crippen molar-refractivity contribution in [2.24, 2.45) is 0 Å². The van der Waals surface area contributed by atoms with E-state index >= 15 is 0 Å². The maximum absolute atomic E-state index is 5.47. The summed E-state index contributed by atoms with van der Waals surface area (Å²) in [5.41, 5.74) is 1.09. The first-order valence-electron chi connectivity index (χ1n) is 6.35. The molecule has 1 aromatic carbocycles. The normalized spacial score (nSPS) is 12.8. The van der Waals surface area contributed by atoms with E-state index in [4.69, 9.17) is 11.2 Å². The van der Waals surface area contributed by atoms with Crippen molar-refractivity contribution in [3.63, 3.8) is 0 Å². The van der Waals surface area contributed by atoms with Crippen LogP contribution in [0.15, 0.2) is 24.3 Å². The van der Waals surface area contributed by atoms with E-state index < -0.39 is 0 Å². The number of hydrogen-bond donors (Lipinski definition) is 1. The average Bonchev–Trinajstić information content (AvgIpc) is 2.36. The van der Waals surface area contributed by atoms with Crippen LogP contribution in [0.5, 0.6) is 5.75 Å². The molecule has 1 aromatic rings. The monoisotopic (exact) mass is 245 g/mol. The van der Waals surface area contributed by atoms with Crippen LogP contribution in [0.1, 0.15) is 32.8 Å². The minimum Gasteiger partial charge on any atom is -0.497 e. The van der Waals surface area contributed by atoms with Crippen molar-refractivity contribution >= 4 is 0 Å². The van der Waals surface area contributed by atoms with E-state index in [0.717, 1.165) is 18.6 Å². The number of terminal acetylenes is 1. The predicted molar refractivity (Wildman–Crippen MR) is 76.8 cm³/mol. The smallest absolute Gasteiger partial charge is 0.118 e. The lowest BCUT2D eigenvalue weighted by atomic mass is 10.0. The molecular formula is C16H23NO. The quantitative estimate of drug-likeness (QED) is 0.778. The second-order valence-electron chi connectivity index (χ2n) is 5.20. The van der Waals surface area contributed by atoms with Crippen LogP contribution in [0.3, 0.4) is 0 Å². The van der Waals surface area contributed by atoms with Crippen molar-refractivity contribution in [3.05, 3.63) is 29.8 Å². The lowest BCUT2D eigenvalue weighted by Gasteiger charge is -2.25. The Balaban J connectivity index is 2.42. The van der Waals surface area contributed by atoms with Crippen molar-refractivity contribution in [2.75, 3.05) is 7.11 Å². The predicted octanol–water partition coefficient (Wildman–Crippen LogP) is 3.02. The summed E-state index contributed by atoms with van der Waals surface area (Å²) < 4.78 is 5.14. The molecular weight excluding hydrogens is 222 g/mol. The summed E-state index contributed by atoms with van der Waals surface area (Å²) in [4.78, 5) is 0. The lowest BCUT2D eigenvalue weighted by Crippen LogP contribution is -2.43. The zero-order valence-electron chi connectivity index (χ0n) is 11.8. The molecule has 0 saturated carbocycles. The van der Waals surface area contributed by atoms with Gasteiger partial charge in [-0.05, 0) is 51.3 Å². The van der Waals surface area contributed by atoms with Gasteiger partial charge in [0.1, 0.15) is 5.75 Å². The van der Waals surface area contributed by atoms with Gasteiger partial charge in [-0.2, -0.15) is 0 Å². The summed E-state index contributed by atoms with van der Waals surface area (Å²) >= 11 is 0. The van der Waals surface area contributed by atoms with Gasteiger partial charge in [0.25, 0.3) is 0 Å². The van der Waals surface area contributed by atoms with Crippen molar-refractivity contribution in [1.82, 2.24) is 5.32 Å². The maximum atomic E-state index is 5.47. The molecule has 0 amide bonds. The third kappa shape index (κ3) is 4.81. The molecule has 1 N–H and O–H groups in total. The topological polar surface area (TPSA) is 21.3 Å². The van der Waals surface area contributed by atoms with E-state index in [1.165, 1.54) is 5.56 Å². The number of benzene rings is 1. The highest BCUT2D eigenvalue weighted by atomic mass is 16.5. The molecule has 2 nitrogen and oxygen atoms in total. The highest BCUT2D eigenvalue weighted by molar-refractivity contribution is 5.27. The number of nitrogens with one attached hydrogen (secondary N) is 1. The molecule has 0 aliphatic heterocycles. The van der Waals surface area contributed by atoms with Gasteiger partial charge in [0.05, 0.1) is 12.6 Å². The molecule has 0 heterocycles. The second-order valence-corrected chi connectivity index (χ2v) is 5.20. The summed E-state index contributed by atoms with van der Waals surface area (Å²) in [7, 11) is 1.68. The molecule has 1 unspecified atom stereocenters. The Kier molecular flexibility index (Phi) is 5.25. The highest BCUT2D eigenvalue weighted by Gasteiger charge is 2.16. The van der Waals surface area contributed by atoms with Crippen LogP contribution in [-0.4, -0.2) is 18.7 Å². The molecule has 0 aromatic heterocycles. The zero-order valence-corrected chi connectivity index (χ0v) is 11.8. The van der Waals surface area contributed by atoms with Crippen LogP contribution in [0.25, 0.3) is 0 Å². The van der Waals surface area contributed by atoms with E-state index in [-0.39, 0.29) is 5.54 Å². The minimum absolute atomic E-state index is 0.237. The molecule has 0 aliphatic rings. The molecule has 1 rings (SSSR count). The number of methoxy groups -OCH3 is 1. The first-order valence-corrected chi connectivity index (χ1v) is 6.35. The van der Waals surface area contributed by atoms with E-state index in [2.05, 4.69) is 30.3 Å². The zero-order chi connectivity index (χ0) is 13.6. The molecule has 0 radical (unpaired) electrons. The van der Waals surface area contributed by atoms with Crippen LogP contribution in [0, 0.1) is 12.3 Å². The fraction of sp³-hybridized carbons (Fsp3) is 0.500. The minimum atomic E-state index is -0.237. The highest BCUT2D eigenvalue weighted by Crippen LogP contribution is 2.14. The standard InChI is InChI=1S/C16H23NO/c1-6-16(3,4)17-13(2)7-8-14-9-11-15(18-5)12-10-14/h1,9-13,17H,7-8H2,2-5H3. The number of aryl methyl sites for hydroxylation is 1. The Bertz CT molecular complexity index is 400. The largest absolute Gasteiger partial charge is 0.497 e. The van der Waals surface area contributed by atoms with Gasteiger partial charge in [-0.15, -0.1) is 6.42 Å². The fourth-order valence-corrected chi connectivity index (χ4v) is 1.91. The van der Waals surface area contributed by atoms with Gasteiger partial charge in [0.15, 0.2) is 0 Å². The third-order valence-corrected chi connectivity index (χ3v) is 2.99. The van der Waals surface area contributed by atoms with Crippen molar-refractivity contribution < 1.29 is 4.74 Å². The lowest BCUT2D eigenvalue weighted by molar-refractivity contribution is 0.405. The van der Waals surface area contributed by atoms with Crippen LogP contribution >= 0.6 is 0 Å². The molecule has 98 valence electrons. The molecule has 2 heteroatoms. The summed E-state index contributed by atoms with van der Waals surface area (Å²) in [6.07, 6.45) is 7.57. The van der Waals surface area contributed by atoms with Gasteiger partial charge >= 0.3 is 0 Å². The summed E-state index contributed by atoms with van der Waals surface area (Å²) in [5.74, 6) is 3.66. The molecule has 0 saturated heterocycles. The van der Waals surface area contributed by atoms with Gasteiger partial charge in [-0.3, -0.25) is 5.32 Å². The Morgan fingerprint density at radius 3 is 2.44 bits per heavy atom. The molecule has 0 fully saturated rings. The van der Waals surface area contributed by atoms with Gasteiger partial charge in [0, 0.05) is 6.04 Å². The molecule has 18 heavy (non-hydrogen) atoms. The SMILES string of the molecule is C#CC(C)(C)NC(C)CCc1ccc(OC)cc1. The number of hydrogen-bond acceptors (Lipinski definition) is 2. The van der Waals surface area contributed by atoms with Crippen molar-refractivity contribution in [3.8, 4) is 18.1 Å². The fourth-order valence-electron chi connectivity index (χ4n) is 1.91. The summed E-state index contributed by atoms with van der Waals surface area (Å²) in [5, 5.41) is 3.44. The van der Waals surface area contributed by atoms with Gasteiger partial charge in [0.2, 0.25) is 0 Å². The molecule has 0 bridgehead atoms. The van der Waals surface area contributed by atoms with Gasteiger partial charge in [-0.25, -0.2) is 0 Å². The van der Waals surface area contributed by atoms with Gasteiger partial charge in [-0.1, -0.05) is 18.1 Å². The number of rotatable bonds is 6. The molecule has 0 aliphatic carbocycles. The first kappa shape index (κ1) is 14.6. The number of ether oxygens (including phenoxy) is 1. The van der Waals surface area contributed by atoms with Crippen LogP contribution < -0.4 is 10.1 Å². The Morgan fingerprint density at radius 1 is 1.33 bits per heavy atom. The molecule has 0 spiro atoms. The third-order valence-electron chi connectivity index (χ3n) is 2.99. The Morgan fingerprint density at radius 2 is 1.94 bits per heavy atom. The summed E-state index contributed by atoms with van der Waals surface area (Å²) in [6, 6.07) is 8.62. The van der Waals surface area contributed by atoms with Gasteiger partial charge < -0.3 is 4.74 Å². The van der Waals surface area contributed by atoms with Crippen LogP contribution in [0.2, 0.25) is 0 Å². The Hall–Kier alpha value is -1.46. The van der Waals surface area contributed by atoms with Crippen molar-refractivity contribution in [1.29, 1.82) is 0 Å². The van der Waals surface area contributed by atoms with E-state index in [1.54, 1.807) is 7.11 Å². The van der Waals surface area contributed by atoms with E-state index in [1.807, 2.05) is 26.0 Å². The van der Waals surface area contributed by atoms with E-state index in [0.29, 0.717) is 6.04 Å². The Labute approximate surface area is 111 Å².